The van der Waals surface area contributed by atoms with Crippen molar-refractivity contribution in [1.29, 1.82) is 0 Å². The van der Waals surface area contributed by atoms with Gasteiger partial charge in [0.2, 0.25) is 0 Å². The molecule has 0 aromatic heterocycles. The zero-order chi connectivity index (χ0) is 22.8. The molecule has 0 saturated carbocycles. The van der Waals surface area contributed by atoms with Crippen molar-refractivity contribution in [3.05, 3.63) is 64.7 Å². The molecule has 1 atom stereocenters. The summed E-state index contributed by atoms with van der Waals surface area (Å²) in [5, 5.41) is 20.9. The van der Waals surface area contributed by atoms with Crippen LogP contribution in [-0.2, 0) is 20.7 Å². The number of hydrogen-bond acceptors (Lipinski definition) is 6. The Morgan fingerprint density at radius 3 is 2.66 bits per heavy atom. The molecule has 168 valence electrons. The van der Waals surface area contributed by atoms with Crippen molar-refractivity contribution in [1.82, 2.24) is 4.90 Å². The first-order chi connectivity index (χ1) is 15.4. The lowest BCUT2D eigenvalue weighted by Gasteiger charge is -2.25. The van der Waals surface area contributed by atoms with Crippen LogP contribution in [0, 0.1) is 0 Å². The molecule has 2 aliphatic heterocycles. The number of phenolic OH excluding ortho intramolecular Hbond substituents is 1. The molecule has 1 fully saturated rings. The second-order valence-electron chi connectivity index (χ2n) is 8.28. The molecule has 2 aromatic carbocycles. The Kier molecular flexibility index (Phi) is 6.19. The highest BCUT2D eigenvalue weighted by molar-refractivity contribution is 6.46. The summed E-state index contributed by atoms with van der Waals surface area (Å²) < 4.78 is 11.1. The molecule has 7 heteroatoms. The zero-order valence-electron chi connectivity index (χ0n) is 18.2. The molecule has 0 spiro atoms. The molecule has 4 rings (SSSR count). The van der Waals surface area contributed by atoms with Gasteiger partial charge >= 0.3 is 0 Å². The van der Waals surface area contributed by atoms with E-state index < -0.39 is 17.7 Å². The van der Waals surface area contributed by atoms with Gasteiger partial charge in [-0.25, -0.2) is 0 Å². The molecule has 7 nitrogen and oxygen atoms in total. The number of carbonyl (C=O) groups excluding carboxylic acids is 2. The molecule has 0 aliphatic carbocycles. The van der Waals surface area contributed by atoms with Crippen LogP contribution in [-0.4, -0.2) is 52.7 Å². The Morgan fingerprint density at radius 2 is 1.94 bits per heavy atom. The topological polar surface area (TPSA) is 96.3 Å². The van der Waals surface area contributed by atoms with Crippen LogP contribution >= 0.6 is 0 Å². The highest BCUT2D eigenvalue weighted by atomic mass is 16.5. The summed E-state index contributed by atoms with van der Waals surface area (Å²) in [7, 11) is 0. The maximum absolute atomic E-state index is 13.0. The van der Waals surface area contributed by atoms with Crippen molar-refractivity contribution < 1.29 is 29.3 Å². The maximum Gasteiger partial charge on any atom is 0.295 e. The van der Waals surface area contributed by atoms with E-state index in [1.54, 1.807) is 30.3 Å². The smallest absolute Gasteiger partial charge is 0.295 e. The molecule has 2 aliphatic rings. The van der Waals surface area contributed by atoms with Gasteiger partial charge in [0.15, 0.2) is 0 Å². The maximum atomic E-state index is 13.0. The molecule has 0 bridgehead atoms. The van der Waals surface area contributed by atoms with Crippen LogP contribution in [0.2, 0.25) is 0 Å². The average Bonchev–Trinajstić information content (AvgIpc) is 3.34. The molecule has 2 heterocycles. The van der Waals surface area contributed by atoms with Crippen LogP contribution in [0.15, 0.2) is 48.0 Å². The molecule has 0 radical (unpaired) electrons. The Hall–Kier alpha value is -3.32. The fourth-order valence-corrected chi connectivity index (χ4v) is 4.16. The molecule has 1 saturated heterocycles. The minimum atomic E-state index is -0.751. The third kappa shape index (κ3) is 4.21. The minimum Gasteiger partial charge on any atom is -0.508 e. The summed E-state index contributed by atoms with van der Waals surface area (Å²) >= 11 is 0. The molecule has 2 N–H and O–H groups in total. The van der Waals surface area contributed by atoms with Gasteiger partial charge in [-0.3, -0.25) is 9.59 Å². The quantitative estimate of drug-likeness (QED) is 0.298. The van der Waals surface area contributed by atoms with Gasteiger partial charge < -0.3 is 24.6 Å². The fourth-order valence-electron chi connectivity index (χ4n) is 4.16. The van der Waals surface area contributed by atoms with Gasteiger partial charge in [0.1, 0.15) is 17.3 Å². The van der Waals surface area contributed by atoms with E-state index in [1.165, 1.54) is 17.0 Å². The standard InChI is InChI=1S/C25H27NO6/c1-15(2)31-12-3-11-26-22(16-4-7-19(27)8-5-16)21(24(29)25(26)30)23(28)18-6-9-20-17(14-18)10-13-32-20/h4-9,14-15,22,27-28H,3,10-13H2,1-2H3/b23-21-. The summed E-state index contributed by atoms with van der Waals surface area (Å²) in [6.45, 7) is 5.20. The monoisotopic (exact) mass is 437 g/mol. The van der Waals surface area contributed by atoms with Gasteiger partial charge in [0.25, 0.3) is 11.7 Å². The first-order valence-corrected chi connectivity index (χ1v) is 10.8. The molecular weight excluding hydrogens is 410 g/mol. The summed E-state index contributed by atoms with van der Waals surface area (Å²) in [5.74, 6) is -0.741. The first-order valence-electron chi connectivity index (χ1n) is 10.8. The summed E-state index contributed by atoms with van der Waals surface area (Å²) in [6, 6.07) is 10.8. The summed E-state index contributed by atoms with van der Waals surface area (Å²) in [4.78, 5) is 27.5. The van der Waals surface area contributed by atoms with Gasteiger partial charge in [0.05, 0.1) is 24.3 Å². The second-order valence-corrected chi connectivity index (χ2v) is 8.28. The average molecular weight is 437 g/mol. The minimum absolute atomic E-state index is 0.0457. The largest absolute Gasteiger partial charge is 0.508 e. The van der Waals surface area contributed by atoms with Gasteiger partial charge in [-0.2, -0.15) is 0 Å². The van der Waals surface area contributed by atoms with Crippen LogP contribution < -0.4 is 4.74 Å². The molecule has 32 heavy (non-hydrogen) atoms. The molecule has 1 unspecified atom stereocenters. The third-order valence-electron chi connectivity index (χ3n) is 5.71. The highest BCUT2D eigenvalue weighted by Gasteiger charge is 2.45. The molecular formula is C25H27NO6. The van der Waals surface area contributed by atoms with E-state index in [1.807, 2.05) is 13.8 Å². The Labute approximate surface area is 186 Å². The number of aliphatic hydroxyl groups is 1. The Balaban J connectivity index is 1.73. The van der Waals surface area contributed by atoms with Crippen LogP contribution in [0.5, 0.6) is 11.5 Å². The number of nitrogens with zero attached hydrogens (tertiary/aromatic N) is 1. The number of phenols is 1. The predicted molar refractivity (Wildman–Crippen MR) is 118 cm³/mol. The lowest BCUT2D eigenvalue weighted by molar-refractivity contribution is -0.140. The molecule has 2 aromatic rings. The number of Topliss-reactive ketones (excluding diaryl/α,β-unsaturated/α-hetero) is 1. The second kappa shape index (κ2) is 9.04. The van der Waals surface area contributed by atoms with E-state index in [9.17, 15) is 19.8 Å². The lowest BCUT2D eigenvalue weighted by Crippen LogP contribution is -2.31. The number of fused-ring (bicyclic) bond motifs is 1. The van der Waals surface area contributed by atoms with E-state index in [4.69, 9.17) is 9.47 Å². The Morgan fingerprint density at radius 1 is 1.19 bits per heavy atom. The van der Waals surface area contributed by atoms with E-state index in [0.717, 1.165) is 17.7 Å². The van der Waals surface area contributed by atoms with Crippen LogP contribution in [0.3, 0.4) is 0 Å². The number of likely N-dealkylation sites (tertiary alicyclic amines) is 1. The number of ketones is 1. The first kappa shape index (κ1) is 21.9. The number of aromatic hydroxyl groups is 1. The highest BCUT2D eigenvalue weighted by Crippen LogP contribution is 2.40. The Bertz CT molecular complexity index is 1060. The van der Waals surface area contributed by atoms with E-state index in [0.29, 0.717) is 37.3 Å². The third-order valence-corrected chi connectivity index (χ3v) is 5.71. The zero-order valence-corrected chi connectivity index (χ0v) is 18.2. The van der Waals surface area contributed by atoms with Crippen LogP contribution in [0.25, 0.3) is 5.76 Å². The molecule has 1 amide bonds. The summed E-state index contributed by atoms with van der Waals surface area (Å²) in [5.41, 5.74) is 2.11. The van der Waals surface area contributed by atoms with Crippen LogP contribution in [0.4, 0.5) is 0 Å². The van der Waals surface area contributed by atoms with E-state index in [2.05, 4.69) is 0 Å². The van der Waals surface area contributed by atoms with Gasteiger partial charge in [-0.1, -0.05) is 12.1 Å². The number of benzene rings is 2. The van der Waals surface area contributed by atoms with Crippen molar-refractivity contribution in [3.8, 4) is 11.5 Å². The van der Waals surface area contributed by atoms with Crippen molar-refractivity contribution in [2.75, 3.05) is 19.8 Å². The normalized spacial score (nSPS) is 19.5. The van der Waals surface area contributed by atoms with Gasteiger partial charge in [0, 0.05) is 25.1 Å². The number of ether oxygens (including phenoxy) is 2. The van der Waals surface area contributed by atoms with Gasteiger partial charge in [-0.05, 0) is 61.7 Å². The van der Waals surface area contributed by atoms with Crippen molar-refractivity contribution >= 4 is 17.4 Å². The number of aliphatic hydroxyl groups excluding tert-OH is 1. The van der Waals surface area contributed by atoms with Crippen molar-refractivity contribution in [3.63, 3.8) is 0 Å². The van der Waals surface area contributed by atoms with E-state index in [-0.39, 0.29) is 23.2 Å². The van der Waals surface area contributed by atoms with Crippen molar-refractivity contribution in [2.24, 2.45) is 0 Å². The van der Waals surface area contributed by atoms with Crippen molar-refractivity contribution in [2.45, 2.75) is 38.8 Å². The van der Waals surface area contributed by atoms with Crippen LogP contribution in [0.1, 0.15) is 43.0 Å². The summed E-state index contributed by atoms with van der Waals surface area (Å²) in [6.07, 6.45) is 1.35. The number of carbonyl (C=O) groups is 2. The predicted octanol–water partition coefficient (Wildman–Crippen LogP) is 3.56. The number of amides is 1. The number of rotatable bonds is 7. The SMILES string of the molecule is CC(C)OCCCN1C(=O)C(=O)/C(=C(\O)c2ccc3c(c2)CCO3)C1c1ccc(O)cc1. The van der Waals surface area contributed by atoms with E-state index >= 15 is 0 Å². The lowest BCUT2D eigenvalue weighted by atomic mass is 9.94. The fraction of sp³-hybridized carbons (Fsp3) is 0.360. The van der Waals surface area contributed by atoms with Gasteiger partial charge in [-0.15, -0.1) is 0 Å². The number of hydrogen-bond donors (Lipinski definition) is 2.